The van der Waals surface area contributed by atoms with E-state index in [-0.39, 0.29) is 12.6 Å². The number of benzene rings is 1. The van der Waals surface area contributed by atoms with Crippen LogP contribution in [0.1, 0.15) is 0 Å². The fraction of sp³-hybridized carbons (Fsp3) is 0.533. The molecule has 0 radical (unpaired) electrons. The Morgan fingerprint density at radius 1 is 1.19 bits per heavy atom. The summed E-state index contributed by atoms with van der Waals surface area (Å²) in [6.45, 7) is 4.41. The van der Waals surface area contributed by atoms with Crippen molar-refractivity contribution in [2.45, 2.75) is 12.1 Å². The highest BCUT2D eigenvalue weighted by Gasteiger charge is 2.35. The summed E-state index contributed by atoms with van der Waals surface area (Å²) in [5, 5.41) is 12.0. The van der Waals surface area contributed by atoms with Crippen LogP contribution < -0.4 is 10.2 Å². The van der Waals surface area contributed by atoms with Gasteiger partial charge in [-0.2, -0.15) is 0 Å². The van der Waals surface area contributed by atoms with Gasteiger partial charge in [0.25, 0.3) is 0 Å². The summed E-state index contributed by atoms with van der Waals surface area (Å²) in [6, 6.07) is 10.3. The van der Waals surface area contributed by atoms with E-state index in [0.717, 1.165) is 32.7 Å². The molecule has 0 unspecified atom stereocenters. The molecule has 21 heavy (non-hydrogen) atoms. The van der Waals surface area contributed by atoms with Crippen LogP contribution in [-0.2, 0) is 4.74 Å². The predicted octanol–water partition coefficient (Wildman–Crippen LogP) is 0.278. The van der Waals surface area contributed by atoms with Crippen molar-refractivity contribution in [2.24, 2.45) is 0 Å². The van der Waals surface area contributed by atoms with Gasteiger partial charge in [0.1, 0.15) is 6.10 Å². The lowest BCUT2D eigenvalue weighted by atomic mass is 10.1. The maximum atomic E-state index is 11.2. The molecule has 1 aromatic carbocycles. The number of carbonyl (C=O) groups is 1. The molecule has 0 aliphatic carbocycles. The van der Waals surface area contributed by atoms with Crippen LogP contribution in [0.2, 0.25) is 0 Å². The molecule has 3 rings (SSSR count). The molecule has 2 atom stereocenters. The zero-order valence-corrected chi connectivity index (χ0v) is 11.9. The van der Waals surface area contributed by atoms with Gasteiger partial charge in [-0.3, -0.25) is 4.90 Å². The van der Waals surface area contributed by atoms with Crippen LogP contribution in [-0.4, -0.2) is 67.6 Å². The second-order valence-electron chi connectivity index (χ2n) is 5.50. The van der Waals surface area contributed by atoms with Gasteiger partial charge < -0.3 is 20.1 Å². The van der Waals surface area contributed by atoms with E-state index in [1.807, 2.05) is 6.07 Å². The molecule has 1 amide bonds. The average Bonchev–Trinajstić information content (AvgIpc) is 2.88. The zero-order chi connectivity index (χ0) is 14.7. The van der Waals surface area contributed by atoms with E-state index in [2.05, 4.69) is 39.4 Å². The summed E-state index contributed by atoms with van der Waals surface area (Å²) >= 11 is 0. The van der Waals surface area contributed by atoms with E-state index in [9.17, 15) is 9.90 Å². The Morgan fingerprint density at radius 3 is 2.57 bits per heavy atom. The number of anilines is 1. The molecular formula is C15H21N3O3. The molecule has 1 aromatic rings. The van der Waals surface area contributed by atoms with Gasteiger partial charge in [0, 0.05) is 38.4 Å². The molecule has 0 spiro atoms. The lowest BCUT2D eigenvalue weighted by molar-refractivity contribution is 0.0744. The van der Waals surface area contributed by atoms with Gasteiger partial charge in [0.2, 0.25) is 0 Å². The third-order valence-corrected chi connectivity index (χ3v) is 4.14. The molecule has 6 heteroatoms. The van der Waals surface area contributed by atoms with Gasteiger partial charge in [0.05, 0.1) is 12.6 Å². The lowest BCUT2D eigenvalue weighted by Crippen LogP contribution is -2.52. The van der Waals surface area contributed by atoms with E-state index >= 15 is 0 Å². The molecule has 2 N–H and O–H groups in total. The Labute approximate surface area is 124 Å². The van der Waals surface area contributed by atoms with Crippen molar-refractivity contribution in [1.29, 1.82) is 0 Å². The number of nitrogens with zero attached hydrogens (tertiary/aromatic N) is 2. The smallest absolute Gasteiger partial charge is 0.407 e. The van der Waals surface area contributed by atoms with Crippen LogP contribution in [0.4, 0.5) is 10.5 Å². The third kappa shape index (κ3) is 3.28. The number of amides is 1. The molecule has 0 saturated carbocycles. The second-order valence-corrected chi connectivity index (χ2v) is 5.50. The lowest BCUT2D eigenvalue weighted by Gasteiger charge is -2.37. The highest BCUT2D eigenvalue weighted by molar-refractivity contribution is 5.70. The van der Waals surface area contributed by atoms with Gasteiger partial charge >= 0.3 is 6.09 Å². The number of carbonyl (C=O) groups excluding carboxylic acids is 1. The van der Waals surface area contributed by atoms with Crippen LogP contribution in [0.5, 0.6) is 0 Å². The SMILES string of the molecule is O=C1N[C@H](CN2CCN(c3ccccc3)CC2)[C@@H](CO)O1. The van der Waals surface area contributed by atoms with E-state index in [1.54, 1.807) is 0 Å². The van der Waals surface area contributed by atoms with Crippen molar-refractivity contribution in [3.63, 3.8) is 0 Å². The molecule has 2 heterocycles. The standard InChI is InChI=1S/C15H21N3O3/c19-11-14-13(16-15(20)21-14)10-17-6-8-18(9-7-17)12-4-2-1-3-5-12/h1-5,13-14,19H,6-11H2,(H,16,20)/t13-,14-/m1/s1. The number of aliphatic hydroxyl groups excluding tert-OH is 1. The third-order valence-electron chi connectivity index (χ3n) is 4.14. The monoisotopic (exact) mass is 291 g/mol. The predicted molar refractivity (Wildman–Crippen MR) is 79.4 cm³/mol. The molecule has 6 nitrogen and oxygen atoms in total. The first-order chi connectivity index (χ1) is 10.3. The summed E-state index contributed by atoms with van der Waals surface area (Å²) in [5.41, 5.74) is 1.25. The van der Waals surface area contributed by atoms with Crippen molar-refractivity contribution in [3.8, 4) is 0 Å². The summed E-state index contributed by atoms with van der Waals surface area (Å²) in [5.74, 6) is 0. The Bertz CT molecular complexity index is 474. The quantitative estimate of drug-likeness (QED) is 0.834. The number of piperazine rings is 1. The minimum absolute atomic E-state index is 0.120. The number of para-hydroxylation sites is 1. The number of ether oxygens (including phenoxy) is 1. The maximum absolute atomic E-state index is 11.2. The van der Waals surface area contributed by atoms with Crippen molar-refractivity contribution in [2.75, 3.05) is 44.2 Å². The van der Waals surface area contributed by atoms with Crippen molar-refractivity contribution in [3.05, 3.63) is 30.3 Å². The highest BCUT2D eigenvalue weighted by Crippen LogP contribution is 2.17. The molecule has 0 bridgehead atoms. The largest absolute Gasteiger partial charge is 0.442 e. The van der Waals surface area contributed by atoms with Crippen LogP contribution in [0.15, 0.2) is 30.3 Å². The highest BCUT2D eigenvalue weighted by atomic mass is 16.6. The molecule has 2 aliphatic heterocycles. The van der Waals surface area contributed by atoms with Crippen molar-refractivity contribution < 1.29 is 14.6 Å². The van der Waals surface area contributed by atoms with E-state index in [1.165, 1.54) is 5.69 Å². The van der Waals surface area contributed by atoms with Gasteiger partial charge in [-0.15, -0.1) is 0 Å². The summed E-state index contributed by atoms with van der Waals surface area (Å²) < 4.78 is 5.02. The normalized spacial score (nSPS) is 26.5. The number of cyclic esters (lactones) is 1. The maximum Gasteiger partial charge on any atom is 0.407 e. The van der Waals surface area contributed by atoms with Crippen molar-refractivity contribution in [1.82, 2.24) is 10.2 Å². The fourth-order valence-electron chi connectivity index (χ4n) is 2.93. The molecule has 2 aliphatic rings. The number of rotatable bonds is 4. The minimum atomic E-state index is -0.429. The number of aliphatic hydroxyl groups is 1. The first-order valence-corrected chi connectivity index (χ1v) is 7.36. The number of hydrogen-bond donors (Lipinski definition) is 2. The van der Waals surface area contributed by atoms with Crippen LogP contribution in [0.25, 0.3) is 0 Å². The van der Waals surface area contributed by atoms with Crippen molar-refractivity contribution >= 4 is 11.8 Å². The van der Waals surface area contributed by atoms with Gasteiger partial charge in [-0.05, 0) is 12.1 Å². The number of hydrogen-bond acceptors (Lipinski definition) is 5. The molecular weight excluding hydrogens is 270 g/mol. The van der Waals surface area contributed by atoms with Gasteiger partial charge in [0.15, 0.2) is 0 Å². The molecule has 0 aromatic heterocycles. The van der Waals surface area contributed by atoms with E-state index in [4.69, 9.17) is 4.74 Å². The summed E-state index contributed by atoms with van der Waals surface area (Å²) in [7, 11) is 0. The summed E-state index contributed by atoms with van der Waals surface area (Å²) in [4.78, 5) is 15.9. The zero-order valence-electron chi connectivity index (χ0n) is 11.9. The van der Waals surface area contributed by atoms with E-state index in [0.29, 0.717) is 0 Å². The number of nitrogens with one attached hydrogen (secondary N) is 1. The first kappa shape index (κ1) is 14.2. The summed E-state index contributed by atoms with van der Waals surface area (Å²) in [6.07, 6.45) is -0.855. The van der Waals surface area contributed by atoms with Gasteiger partial charge in [-0.25, -0.2) is 4.79 Å². The first-order valence-electron chi connectivity index (χ1n) is 7.36. The van der Waals surface area contributed by atoms with Gasteiger partial charge in [-0.1, -0.05) is 18.2 Å². The van der Waals surface area contributed by atoms with Crippen LogP contribution in [0, 0.1) is 0 Å². The van der Waals surface area contributed by atoms with Crippen LogP contribution >= 0.6 is 0 Å². The second kappa shape index (κ2) is 6.32. The Balaban J connectivity index is 1.51. The number of alkyl carbamates (subject to hydrolysis) is 1. The average molecular weight is 291 g/mol. The fourth-order valence-corrected chi connectivity index (χ4v) is 2.93. The Morgan fingerprint density at radius 2 is 1.90 bits per heavy atom. The molecule has 2 saturated heterocycles. The Hall–Kier alpha value is -1.79. The molecule has 2 fully saturated rings. The Kier molecular flexibility index (Phi) is 4.26. The molecule has 114 valence electrons. The minimum Gasteiger partial charge on any atom is -0.442 e. The van der Waals surface area contributed by atoms with Crippen LogP contribution in [0.3, 0.4) is 0 Å². The topological polar surface area (TPSA) is 65.0 Å². The van der Waals surface area contributed by atoms with E-state index < -0.39 is 12.2 Å².